The predicted octanol–water partition coefficient (Wildman–Crippen LogP) is 2.82. The second-order valence-electron chi connectivity index (χ2n) is 5.17. The Kier molecular flexibility index (Phi) is 3.87. The third-order valence-electron chi connectivity index (χ3n) is 3.68. The van der Waals surface area contributed by atoms with Gasteiger partial charge in [0, 0.05) is 17.9 Å². The van der Waals surface area contributed by atoms with Crippen LogP contribution in [0.4, 0.5) is 15.8 Å². The molecule has 0 spiro atoms. The van der Waals surface area contributed by atoms with E-state index in [4.69, 9.17) is 0 Å². The van der Waals surface area contributed by atoms with Crippen LogP contribution in [0.1, 0.15) is 6.42 Å². The lowest BCUT2D eigenvalue weighted by Gasteiger charge is -2.16. The fraction of sp³-hybridized carbons (Fsp3) is 0.176. The highest BCUT2D eigenvalue weighted by molar-refractivity contribution is 6.13. The van der Waals surface area contributed by atoms with Crippen LogP contribution in [-0.4, -0.2) is 18.4 Å². The quantitative estimate of drug-likeness (QED) is 0.886. The highest BCUT2D eigenvalue weighted by atomic mass is 19.1. The Morgan fingerprint density at radius 3 is 2.64 bits per heavy atom. The molecule has 1 heterocycles. The van der Waals surface area contributed by atoms with Crippen LogP contribution in [0.3, 0.4) is 0 Å². The number of halogens is 1. The zero-order valence-corrected chi connectivity index (χ0v) is 11.8. The molecule has 1 aliphatic heterocycles. The summed E-state index contributed by atoms with van der Waals surface area (Å²) in [6.07, 6.45) is 0.453. The molecule has 22 heavy (non-hydrogen) atoms. The average Bonchev–Trinajstić information content (AvgIpc) is 2.90. The highest BCUT2D eigenvalue weighted by Crippen LogP contribution is 2.26. The van der Waals surface area contributed by atoms with E-state index < -0.39 is 17.6 Å². The molecule has 0 aromatic heterocycles. The maximum Gasteiger partial charge on any atom is 0.239 e. The minimum absolute atomic E-state index is 0.222. The first-order chi connectivity index (χ1) is 10.6. The van der Waals surface area contributed by atoms with Crippen LogP contribution in [0.2, 0.25) is 0 Å². The summed E-state index contributed by atoms with van der Waals surface area (Å²) in [5.41, 5.74) is 1.14. The summed E-state index contributed by atoms with van der Waals surface area (Å²) >= 11 is 0. The molecule has 3 rings (SSSR count). The summed E-state index contributed by atoms with van der Waals surface area (Å²) in [7, 11) is 0. The van der Waals surface area contributed by atoms with Gasteiger partial charge >= 0.3 is 0 Å². The number of nitrogens with one attached hydrogen (secondary N) is 1. The number of amides is 2. The van der Waals surface area contributed by atoms with E-state index in [9.17, 15) is 14.0 Å². The van der Waals surface area contributed by atoms with Gasteiger partial charge in [0.1, 0.15) is 11.7 Å². The van der Waals surface area contributed by atoms with E-state index in [0.29, 0.717) is 18.7 Å². The summed E-state index contributed by atoms with van der Waals surface area (Å²) in [4.78, 5) is 26.2. The van der Waals surface area contributed by atoms with Gasteiger partial charge in [0.15, 0.2) is 0 Å². The Hall–Kier alpha value is -2.69. The molecule has 2 amide bonds. The van der Waals surface area contributed by atoms with Crippen LogP contribution in [0.25, 0.3) is 0 Å². The van der Waals surface area contributed by atoms with E-state index in [1.165, 1.54) is 18.2 Å². The van der Waals surface area contributed by atoms with E-state index in [2.05, 4.69) is 5.32 Å². The number of rotatable bonds is 3. The largest absolute Gasteiger partial charge is 0.325 e. The third-order valence-corrected chi connectivity index (χ3v) is 3.68. The molecule has 0 unspecified atom stereocenters. The Morgan fingerprint density at radius 1 is 1.14 bits per heavy atom. The third kappa shape index (κ3) is 2.83. The number of benzene rings is 2. The van der Waals surface area contributed by atoms with Gasteiger partial charge in [0.05, 0.1) is 0 Å². The van der Waals surface area contributed by atoms with Crippen molar-refractivity contribution in [2.24, 2.45) is 5.92 Å². The van der Waals surface area contributed by atoms with E-state index >= 15 is 0 Å². The van der Waals surface area contributed by atoms with Crippen molar-refractivity contribution in [2.75, 3.05) is 16.8 Å². The van der Waals surface area contributed by atoms with E-state index in [0.717, 1.165) is 5.69 Å². The Bertz CT molecular complexity index is 703. The van der Waals surface area contributed by atoms with Gasteiger partial charge in [-0.1, -0.05) is 24.3 Å². The Balaban J connectivity index is 1.71. The second kappa shape index (κ2) is 5.97. The second-order valence-corrected chi connectivity index (χ2v) is 5.17. The predicted molar refractivity (Wildman–Crippen MR) is 81.9 cm³/mol. The molecule has 0 saturated carbocycles. The maximum atomic E-state index is 13.1. The van der Waals surface area contributed by atoms with Crippen molar-refractivity contribution in [2.45, 2.75) is 6.42 Å². The van der Waals surface area contributed by atoms with Gasteiger partial charge in [-0.3, -0.25) is 9.59 Å². The molecule has 1 N–H and O–H groups in total. The SMILES string of the molecule is O=C(Nc1cccc(F)c1)[C@@H]1CCN(c2ccccc2)C1=O. The van der Waals surface area contributed by atoms with Gasteiger partial charge in [-0.15, -0.1) is 0 Å². The lowest BCUT2D eigenvalue weighted by molar-refractivity contribution is -0.129. The number of carbonyl (C=O) groups is 2. The highest BCUT2D eigenvalue weighted by Gasteiger charge is 2.37. The van der Waals surface area contributed by atoms with Crippen LogP contribution in [0.15, 0.2) is 54.6 Å². The van der Waals surface area contributed by atoms with Crippen LogP contribution >= 0.6 is 0 Å². The maximum absolute atomic E-state index is 13.1. The number of para-hydroxylation sites is 1. The van der Waals surface area contributed by atoms with Crippen LogP contribution in [-0.2, 0) is 9.59 Å². The first-order valence-corrected chi connectivity index (χ1v) is 7.08. The van der Waals surface area contributed by atoms with Gasteiger partial charge in [0.25, 0.3) is 0 Å². The Morgan fingerprint density at radius 2 is 1.91 bits per heavy atom. The molecule has 0 bridgehead atoms. The molecule has 0 aliphatic carbocycles. The van der Waals surface area contributed by atoms with E-state index in [-0.39, 0.29) is 5.91 Å². The molecule has 4 nitrogen and oxygen atoms in total. The van der Waals surface area contributed by atoms with Crippen LogP contribution < -0.4 is 10.2 Å². The zero-order chi connectivity index (χ0) is 15.5. The minimum Gasteiger partial charge on any atom is -0.325 e. The Labute approximate surface area is 127 Å². The van der Waals surface area contributed by atoms with Gasteiger partial charge in [0.2, 0.25) is 11.8 Å². The van der Waals surface area contributed by atoms with Gasteiger partial charge < -0.3 is 10.2 Å². The first kappa shape index (κ1) is 14.3. The monoisotopic (exact) mass is 298 g/mol. The lowest BCUT2D eigenvalue weighted by Crippen LogP contribution is -2.33. The normalized spacial score (nSPS) is 17.6. The van der Waals surface area contributed by atoms with Crippen molar-refractivity contribution in [3.63, 3.8) is 0 Å². The molecule has 0 radical (unpaired) electrons. The summed E-state index contributed by atoms with van der Waals surface area (Å²) in [5.74, 6) is -1.78. The summed E-state index contributed by atoms with van der Waals surface area (Å²) in [6, 6.07) is 14.9. The fourth-order valence-corrected chi connectivity index (χ4v) is 2.58. The first-order valence-electron chi connectivity index (χ1n) is 7.08. The van der Waals surface area contributed by atoms with Crippen molar-refractivity contribution in [3.8, 4) is 0 Å². The van der Waals surface area contributed by atoms with Crippen molar-refractivity contribution >= 4 is 23.2 Å². The number of nitrogens with zero attached hydrogens (tertiary/aromatic N) is 1. The van der Waals surface area contributed by atoms with Crippen molar-refractivity contribution < 1.29 is 14.0 Å². The molecule has 1 atom stereocenters. The zero-order valence-electron chi connectivity index (χ0n) is 11.8. The molecule has 5 heteroatoms. The van der Waals surface area contributed by atoms with Crippen molar-refractivity contribution in [1.82, 2.24) is 0 Å². The van der Waals surface area contributed by atoms with Crippen LogP contribution in [0, 0.1) is 11.7 Å². The van der Waals surface area contributed by atoms with Crippen molar-refractivity contribution in [3.05, 3.63) is 60.4 Å². The summed E-state index contributed by atoms with van der Waals surface area (Å²) in [5, 5.41) is 2.60. The van der Waals surface area contributed by atoms with Crippen molar-refractivity contribution in [1.29, 1.82) is 0 Å². The molecular weight excluding hydrogens is 283 g/mol. The van der Waals surface area contributed by atoms with Gasteiger partial charge in [-0.25, -0.2) is 4.39 Å². The molecule has 1 aliphatic rings. The molecule has 2 aromatic rings. The van der Waals surface area contributed by atoms with Crippen LogP contribution in [0.5, 0.6) is 0 Å². The molecule has 112 valence electrons. The standard InChI is InChI=1S/C17H15FN2O2/c18-12-5-4-6-13(11-12)19-16(21)15-9-10-20(17(15)22)14-7-2-1-3-8-14/h1-8,11,15H,9-10H2,(H,19,21)/t15-/m0/s1. The summed E-state index contributed by atoms with van der Waals surface area (Å²) in [6.45, 7) is 0.504. The number of carbonyl (C=O) groups excluding carboxylic acids is 2. The smallest absolute Gasteiger partial charge is 0.239 e. The fourth-order valence-electron chi connectivity index (χ4n) is 2.58. The number of hydrogen-bond acceptors (Lipinski definition) is 2. The number of hydrogen-bond donors (Lipinski definition) is 1. The van der Waals surface area contributed by atoms with Gasteiger partial charge in [-0.05, 0) is 36.8 Å². The van der Waals surface area contributed by atoms with E-state index in [1.807, 2.05) is 30.3 Å². The molecular formula is C17H15FN2O2. The minimum atomic E-state index is -0.733. The van der Waals surface area contributed by atoms with Gasteiger partial charge in [-0.2, -0.15) is 0 Å². The average molecular weight is 298 g/mol. The molecule has 2 aromatic carbocycles. The lowest BCUT2D eigenvalue weighted by atomic mass is 10.1. The number of anilines is 2. The topological polar surface area (TPSA) is 49.4 Å². The summed E-state index contributed by atoms with van der Waals surface area (Å²) < 4.78 is 13.1. The molecule has 1 saturated heterocycles. The molecule has 1 fully saturated rings. The van der Waals surface area contributed by atoms with E-state index in [1.54, 1.807) is 11.0 Å².